The first-order chi connectivity index (χ1) is 8.20. The molecule has 1 heterocycles. The molecule has 0 spiro atoms. The lowest BCUT2D eigenvalue weighted by Gasteiger charge is -2.03. The summed E-state index contributed by atoms with van der Waals surface area (Å²) in [7, 11) is 0. The van der Waals surface area contributed by atoms with E-state index in [4.69, 9.17) is 5.73 Å². The number of aromatic nitrogens is 2. The van der Waals surface area contributed by atoms with Crippen LogP contribution in [0.3, 0.4) is 0 Å². The van der Waals surface area contributed by atoms with E-state index in [0.717, 1.165) is 30.6 Å². The predicted molar refractivity (Wildman–Crippen MR) is 66.5 cm³/mol. The minimum absolute atomic E-state index is 0.259. The molecule has 0 aliphatic carbocycles. The van der Waals surface area contributed by atoms with E-state index < -0.39 is 0 Å². The molecule has 0 saturated heterocycles. The lowest BCUT2D eigenvalue weighted by Crippen LogP contribution is -2.01. The molecule has 17 heavy (non-hydrogen) atoms. The Morgan fingerprint density at radius 2 is 2.00 bits per heavy atom. The summed E-state index contributed by atoms with van der Waals surface area (Å²) < 4.78 is 14.5. The molecular formula is C13H16FN3. The van der Waals surface area contributed by atoms with Gasteiger partial charge in [-0.05, 0) is 37.1 Å². The second kappa shape index (κ2) is 4.99. The number of halogens is 1. The molecule has 0 aliphatic rings. The van der Waals surface area contributed by atoms with Crippen molar-refractivity contribution in [3.8, 4) is 5.69 Å². The Hall–Kier alpha value is -1.84. The quantitative estimate of drug-likeness (QED) is 0.882. The highest BCUT2D eigenvalue weighted by atomic mass is 19.1. The van der Waals surface area contributed by atoms with E-state index in [1.165, 1.54) is 12.1 Å². The largest absolute Gasteiger partial charge is 0.384 e. The number of nitrogens with two attached hydrogens (primary N) is 1. The number of hydrogen-bond donors (Lipinski definition) is 1. The Morgan fingerprint density at radius 1 is 1.29 bits per heavy atom. The van der Waals surface area contributed by atoms with Crippen molar-refractivity contribution in [2.45, 2.75) is 26.2 Å². The molecule has 0 atom stereocenters. The number of unbranched alkanes of at least 4 members (excludes halogenated alkanes) is 1. The molecule has 0 aliphatic heterocycles. The van der Waals surface area contributed by atoms with Gasteiger partial charge in [-0.1, -0.05) is 13.3 Å². The van der Waals surface area contributed by atoms with Gasteiger partial charge in [-0.25, -0.2) is 9.07 Å². The first-order valence-electron chi connectivity index (χ1n) is 5.81. The van der Waals surface area contributed by atoms with Crippen molar-refractivity contribution < 1.29 is 4.39 Å². The summed E-state index contributed by atoms with van der Waals surface area (Å²) >= 11 is 0. The van der Waals surface area contributed by atoms with Crippen molar-refractivity contribution in [1.82, 2.24) is 9.78 Å². The molecule has 2 aromatic rings. The predicted octanol–water partition coefficient (Wildman–Crippen LogP) is 2.94. The number of nitrogens with zero attached hydrogens (tertiary/aromatic N) is 2. The monoisotopic (exact) mass is 233 g/mol. The van der Waals surface area contributed by atoms with Gasteiger partial charge in [0.05, 0.1) is 11.4 Å². The third-order valence-electron chi connectivity index (χ3n) is 2.65. The molecule has 4 heteroatoms. The molecule has 0 fully saturated rings. The van der Waals surface area contributed by atoms with Crippen molar-refractivity contribution in [1.29, 1.82) is 0 Å². The van der Waals surface area contributed by atoms with Crippen LogP contribution in [0.1, 0.15) is 25.5 Å². The van der Waals surface area contributed by atoms with Gasteiger partial charge in [0.1, 0.15) is 11.6 Å². The summed E-state index contributed by atoms with van der Waals surface area (Å²) in [4.78, 5) is 0. The Kier molecular flexibility index (Phi) is 3.42. The Morgan fingerprint density at radius 3 is 2.65 bits per heavy atom. The van der Waals surface area contributed by atoms with Crippen LogP contribution in [-0.4, -0.2) is 9.78 Å². The molecule has 2 rings (SSSR count). The molecule has 2 N–H and O–H groups in total. The molecule has 90 valence electrons. The molecule has 0 bridgehead atoms. The maximum absolute atomic E-state index is 12.8. The molecule has 0 radical (unpaired) electrons. The summed E-state index contributed by atoms with van der Waals surface area (Å²) in [5.74, 6) is 0.327. The second-order valence-corrected chi connectivity index (χ2v) is 4.05. The molecule has 1 aromatic heterocycles. The average molecular weight is 233 g/mol. The maximum atomic E-state index is 12.8. The van der Waals surface area contributed by atoms with E-state index in [2.05, 4.69) is 12.0 Å². The molecule has 3 nitrogen and oxygen atoms in total. The van der Waals surface area contributed by atoms with Crippen LogP contribution in [0, 0.1) is 5.82 Å². The van der Waals surface area contributed by atoms with Crippen LogP contribution in [0.15, 0.2) is 30.3 Å². The third-order valence-corrected chi connectivity index (χ3v) is 2.65. The van der Waals surface area contributed by atoms with Gasteiger partial charge < -0.3 is 5.73 Å². The van der Waals surface area contributed by atoms with Gasteiger partial charge in [0.25, 0.3) is 0 Å². The number of benzene rings is 1. The summed E-state index contributed by atoms with van der Waals surface area (Å²) in [6.07, 6.45) is 3.15. The van der Waals surface area contributed by atoms with Crippen molar-refractivity contribution in [3.05, 3.63) is 41.8 Å². The zero-order chi connectivity index (χ0) is 12.3. The fourth-order valence-electron chi connectivity index (χ4n) is 1.72. The van der Waals surface area contributed by atoms with E-state index in [1.54, 1.807) is 16.8 Å². The minimum atomic E-state index is -0.259. The zero-order valence-corrected chi connectivity index (χ0v) is 9.86. The van der Waals surface area contributed by atoms with E-state index in [9.17, 15) is 4.39 Å². The van der Waals surface area contributed by atoms with Crippen LogP contribution in [0.5, 0.6) is 0 Å². The smallest absolute Gasteiger partial charge is 0.127 e. The standard InChI is InChI=1S/C13H16FN3/c1-2-3-4-11-9-13(15)17(16-11)12-7-5-10(14)6-8-12/h5-9H,2-4,15H2,1H3. The van der Waals surface area contributed by atoms with Crippen molar-refractivity contribution in [2.24, 2.45) is 0 Å². The SMILES string of the molecule is CCCCc1cc(N)n(-c2ccc(F)cc2)n1. The summed E-state index contributed by atoms with van der Waals surface area (Å²) in [6.45, 7) is 2.14. The maximum Gasteiger partial charge on any atom is 0.127 e. The van der Waals surface area contributed by atoms with Gasteiger partial charge >= 0.3 is 0 Å². The van der Waals surface area contributed by atoms with Gasteiger partial charge in [-0.15, -0.1) is 0 Å². The Labute approximate surface area is 100 Å². The Bertz CT molecular complexity index is 488. The highest BCUT2D eigenvalue weighted by Crippen LogP contribution is 2.16. The molecule has 0 unspecified atom stereocenters. The van der Waals surface area contributed by atoms with E-state index in [0.29, 0.717) is 5.82 Å². The molecule has 0 saturated carbocycles. The first kappa shape index (κ1) is 11.6. The van der Waals surface area contributed by atoms with Crippen LogP contribution in [-0.2, 0) is 6.42 Å². The minimum Gasteiger partial charge on any atom is -0.384 e. The van der Waals surface area contributed by atoms with Crippen LogP contribution in [0.4, 0.5) is 10.2 Å². The second-order valence-electron chi connectivity index (χ2n) is 4.05. The zero-order valence-electron chi connectivity index (χ0n) is 9.86. The van der Waals surface area contributed by atoms with Crippen LogP contribution in [0.2, 0.25) is 0 Å². The fourth-order valence-corrected chi connectivity index (χ4v) is 1.72. The Balaban J connectivity index is 2.26. The van der Waals surface area contributed by atoms with Crippen molar-refractivity contribution in [2.75, 3.05) is 5.73 Å². The van der Waals surface area contributed by atoms with Gasteiger partial charge in [0.2, 0.25) is 0 Å². The van der Waals surface area contributed by atoms with Gasteiger partial charge in [-0.3, -0.25) is 0 Å². The van der Waals surface area contributed by atoms with Crippen LogP contribution >= 0.6 is 0 Å². The normalized spacial score (nSPS) is 10.7. The van der Waals surface area contributed by atoms with Crippen molar-refractivity contribution in [3.63, 3.8) is 0 Å². The van der Waals surface area contributed by atoms with E-state index in [1.807, 2.05) is 6.07 Å². The lowest BCUT2D eigenvalue weighted by molar-refractivity contribution is 0.627. The number of rotatable bonds is 4. The van der Waals surface area contributed by atoms with Crippen LogP contribution < -0.4 is 5.73 Å². The topological polar surface area (TPSA) is 43.8 Å². The molecule has 0 amide bonds. The van der Waals surface area contributed by atoms with Gasteiger partial charge in [-0.2, -0.15) is 5.10 Å². The van der Waals surface area contributed by atoms with Crippen molar-refractivity contribution >= 4 is 5.82 Å². The van der Waals surface area contributed by atoms with Gasteiger partial charge in [0.15, 0.2) is 0 Å². The van der Waals surface area contributed by atoms with E-state index in [-0.39, 0.29) is 5.82 Å². The highest BCUT2D eigenvalue weighted by molar-refractivity contribution is 5.42. The lowest BCUT2D eigenvalue weighted by atomic mass is 10.2. The highest BCUT2D eigenvalue weighted by Gasteiger charge is 2.06. The summed E-state index contributed by atoms with van der Waals surface area (Å²) in [5.41, 5.74) is 7.65. The van der Waals surface area contributed by atoms with Gasteiger partial charge in [0, 0.05) is 6.07 Å². The molecule has 1 aromatic carbocycles. The number of nitrogen functional groups attached to an aromatic ring is 1. The summed E-state index contributed by atoms with van der Waals surface area (Å²) in [5, 5.41) is 4.42. The van der Waals surface area contributed by atoms with E-state index >= 15 is 0 Å². The molecular weight excluding hydrogens is 217 g/mol. The average Bonchev–Trinajstić information content (AvgIpc) is 2.69. The van der Waals surface area contributed by atoms with Crippen LogP contribution in [0.25, 0.3) is 5.69 Å². The fraction of sp³-hybridized carbons (Fsp3) is 0.308. The third kappa shape index (κ3) is 2.64. The summed E-state index contributed by atoms with van der Waals surface area (Å²) in [6, 6.07) is 8.02. The number of aryl methyl sites for hydroxylation is 1. The number of anilines is 1. The first-order valence-corrected chi connectivity index (χ1v) is 5.81. The number of hydrogen-bond acceptors (Lipinski definition) is 2.